The molecule has 7 nitrogen and oxygen atoms in total. The SMILES string of the molecule is COC(=O)C[C@@H]1O[C@H](/C(C)=C/C=C/[C@@H](C)C[C@@]2(C)O[C@@H]2[C@H](C)C(OC)[C@@H](C)O)CC[C@@H]1CO. The molecule has 2 aliphatic heterocycles. The lowest BCUT2D eigenvalue weighted by Crippen LogP contribution is -2.39. The predicted molar refractivity (Wildman–Crippen MR) is 127 cm³/mol. The molecule has 2 heterocycles. The van der Waals surface area contributed by atoms with Gasteiger partial charge in [-0.1, -0.05) is 32.1 Å². The minimum Gasteiger partial charge on any atom is -0.469 e. The first-order valence-corrected chi connectivity index (χ1v) is 12.1. The summed E-state index contributed by atoms with van der Waals surface area (Å²) in [5.41, 5.74) is 0.894. The van der Waals surface area contributed by atoms with Crippen LogP contribution in [-0.2, 0) is 23.7 Å². The average molecular weight is 469 g/mol. The van der Waals surface area contributed by atoms with Crippen LogP contribution in [0.1, 0.15) is 60.3 Å². The zero-order chi connectivity index (χ0) is 24.8. The molecule has 0 aromatic rings. The van der Waals surface area contributed by atoms with Gasteiger partial charge in [-0.3, -0.25) is 4.79 Å². The number of allylic oxidation sites excluding steroid dienone is 3. The minimum atomic E-state index is -0.536. The molecule has 0 aromatic carbocycles. The Hall–Kier alpha value is -1.25. The summed E-state index contributed by atoms with van der Waals surface area (Å²) in [5, 5.41) is 19.6. The number of aliphatic hydroxyl groups is 2. The van der Waals surface area contributed by atoms with Gasteiger partial charge in [0, 0.05) is 25.6 Å². The number of aliphatic hydroxyl groups excluding tert-OH is 2. The Morgan fingerprint density at radius 3 is 2.52 bits per heavy atom. The molecule has 9 atom stereocenters. The number of epoxide rings is 1. The van der Waals surface area contributed by atoms with Crippen molar-refractivity contribution in [2.24, 2.45) is 17.8 Å². The largest absolute Gasteiger partial charge is 0.469 e. The van der Waals surface area contributed by atoms with Gasteiger partial charge in [-0.05, 0) is 51.5 Å². The number of methoxy groups -OCH3 is 2. The zero-order valence-electron chi connectivity index (χ0n) is 21.3. The predicted octanol–water partition coefficient (Wildman–Crippen LogP) is 3.42. The highest BCUT2D eigenvalue weighted by atomic mass is 16.6. The lowest BCUT2D eigenvalue weighted by atomic mass is 9.85. The second-order valence-electron chi connectivity index (χ2n) is 10.1. The van der Waals surface area contributed by atoms with Gasteiger partial charge in [0.15, 0.2) is 0 Å². The van der Waals surface area contributed by atoms with Crippen molar-refractivity contribution in [2.75, 3.05) is 20.8 Å². The molecule has 7 heteroatoms. The van der Waals surface area contributed by atoms with Crippen LogP contribution in [0.25, 0.3) is 0 Å². The molecule has 2 saturated heterocycles. The molecular formula is C26H44O7. The summed E-state index contributed by atoms with van der Waals surface area (Å²) < 4.78 is 22.4. The maximum atomic E-state index is 11.7. The van der Waals surface area contributed by atoms with Crippen LogP contribution in [0.3, 0.4) is 0 Å². The molecular weight excluding hydrogens is 424 g/mol. The van der Waals surface area contributed by atoms with Gasteiger partial charge in [0.25, 0.3) is 0 Å². The van der Waals surface area contributed by atoms with E-state index in [1.165, 1.54) is 7.11 Å². The third-order valence-electron chi connectivity index (χ3n) is 7.21. The van der Waals surface area contributed by atoms with Crippen molar-refractivity contribution < 1.29 is 34.0 Å². The van der Waals surface area contributed by atoms with Gasteiger partial charge in [0.2, 0.25) is 0 Å². The summed E-state index contributed by atoms with van der Waals surface area (Å²) in [6.07, 6.45) is 7.91. The van der Waals surface area contributed by atoms with E-state index in [2.05, 4.69) is 39.0 Å². The number of rotatable bonds is 12. The van der Waals surface area contributed by atoms with E-state index in [1.54, 1.807) is 14.0 Å². The first-order chi connectivity index (χ1) is 15.6. The van der Waals surface area contributed by atoms with E-state index >= 15 is 0 Å². The smallest absolute Gasteiger partial charge is 0.308 e. The molecule has 2 rings (SSSR count). The Morgan fingerprint density at radius 1 is 1.24 bits per heavy atom. The first-order valence-electron chi connectivity index (χ1n) is 12.1. The molecule has 0 amide bonds. The third-order valence-corrected chi connectivity index (χ3v) is 7.21. The first kappa shape index (κ1) is 28.0. The van der Waals surface area contributed by atoms with Crippen LogP contribution < -0.4 is 0 Å². The van der Waals surface area contributed by atoms with Crippen LogP contribution in [0.5, 0.6) is 0 Å². The van der Waals surface area contributed by atoms with Gasteiger partial charge < -0.3 is 29.2 Å². The van der Waals surface area contributed by atoms with Crippen molar-refractivity contribution in [3.05, 3.63) is 23.8 Å². The Morgan fingerprint density at radius 2 is 1.94 bits per heavy atom. The van der Waals surface area contributed by atoms with Crippen LogP contribution in [0, 0.1) is 17.8 Å². The number of carbonyl (C=O) groups excluding carboxylic acids is 1. The second kappa shape index (κ2) is 12.5. The van der Waals surface area contributed by atoms with E-state index in [0.29, 0.717) is 5.92 Å². The van der Waals surface area contributed by atoms with Crippen LogP contribution >= 0.6 is 0 Å². The molecule has 0 radical (unpaired) electrons. The summed E-state index contributed by atoms with van der Waals surface area (Å²) >= 11 is 0. The topological polar surface area (TPSA) is 97.8 Å². The highest BCUT2D eigenvalue weighted by molar-refractivity contribution is 5.69. The van der Waals surface area contributed by atoms with Gasteiger partial charge >= 0.3 is 5.97 Å². The monoisotopic (exact) mass is 468 g/mol. The summed E-state index contributed by atoms with van der Waals surface area (Å²) in [6, 6.07) is 0. The molecule has 0 saturated carbocycles. The lowest BCUT2D eigenvalue weighted by molar-refractivity contribution is -0.149. The van der Waals surface area contributed by atoms with Crippen LogP contribution in [-0.4, -0.2) is 73.1 Å². The van der Waals surface area contributed by atoms with Crippen molar-refractivity contribution in [1.29, 1.82) is 0 Å². The number of hydrogen-bond acceptors (Lipinski definition) is 7. The number of carbonyl (C=O) groups is 1. The van der Waals surface area contributed by atoms with Crippen molar-refractivity contribution in [3.8, 4) is 0 Å². The third kappa shape index (κ3) is 7.62. The molecule has 1 unspecified atom stereocenters. The van der Waals surface area contributed by atoms with Gasteiger partial charge in [0.1, 0.15) is 0 Å². The summed E-state index contributed by atoms with van der Waals surface area (Å²) in [4.78, 5) is 11.7. The van der Waals surface area contributed by atoms with E-state index in [-0.39, 0.29) is 60.8 Å². The van der Waals surface area contributed by atoms with E-state index in [1.807, 2.05) is 6.92 Å². The second-order valence-corrected chi connectivity index (χ2v) is 10.1. The molecule has 190 valence electrons. The fourth-order valence-corrected chi connectivity index (χ4v) is 5.27. The van der Waals surface area contributed by atoms with Crippen LogP contribution in [0.2, 0.25) is 0 Å². The normalized spacial score (nSPS) is 34.0. The molecule has 0 aromatic heterocycles. The zero-order valence-corrected chi connectivity index (χ0v) is 21.3. The summed E-state index contributed by atoms with van der Waals surface area (Å²) in [5.74, 6) is 0.0809. The van der Waals surface area contributed by atoms with Gasteiger partial charge in [-0.15, -0.1) is 0 Å². The Balaban J connectivity index is 1.89. The van der Waals surface area contributed by atoms with Crippen molar-refractivity contribution in [3.63, 3.8) is 0 Å². The molecule has 2 N–H and O–H groups in total. The molecule has 0 bridgehead atoms. The molecule has 33 heavy (non-hydrogen) atoms. The van der Waals surface area contributed by atoms with Crippen molar-refractivity contribution in [1.82, 2.24) is 0 Å². The van der Waals surface area contributed by atoms with E-state index in [9.17, 15) is 15.0 Å². The Labute approximate surface area is 199 Å². The van der Waals surface area contributed by atoms with Gasteiger partial charge in [0.05, 0.1) is 49.7 Å². The Kier molecular flexibility index (Phi) is 10.6. The van der Waals surface area contributed by atoms with Crippen molar-refractivity contribution >= 4 is 5.97 Å². The fourth-order valence-electron chi connectivity index (χ4n) is 5.27. The highest BCUT2D eigenvalue weighted by Crippen LogP contribution is 2.47. The summed E-state index contributed by atoms with van der Waals surface area (Å²) in [6.45, 7) is 10.2. The van der Waals surface area contributed by atoms with Crippen LogP contribution in [0.4, 0.5) is 0 Å². The number of hydrogen-bond donors (Lipinski definition) is 2. The van der Waals surface area contributed by atoms with Crippen molar-refractivity contribution in [2.45, 2.75) is 96.4 Å². The fraction of sp³-hybridized carbons (Fsp3) is 0.808. The molecule has 0 aliphatic carbocycles. The Bertz CT molecular complexity index is 688. The lowest BCUT2D eigenvalue weighted by Gasteiger charge is -2.35. The number of ether oxygens (including phenoxy) is 4. The van der Waals surface area contributed by atoms with E-state index in [0.717, 1.165) is 24.8 Å². The quantitative estimate of drug-likeness (QED) is 0.257. The van der Waals surface area contributed by atoms with E-state index in [4.69, 9.17) is 18.9 Å². The van der Waals surface area contributed by atoms with E-state index < -0.39 is 6.10 Å². The van der Waals surface area contributed by atoms with Crippen LogP contribution in [0.15, 0.2) is 23.8 Å². The average Bonchev–Trinajstić information content (AvgIpc) is 3.43. The standard InChI is InChI=1S/C26H44O7/c1-16(14-26(5)25(33-26)18(3)24(31-7)19(4)28)9-8-10-17(2)21-12-11-20(15-27)22(32-21)13-23(29)30-6/h8-10,16,18-22,24-25,27-28H,11-15H2,1-7H3/b9-8+,17-10+/t16-,18-,19-,20-,21+,22+,24?,25-,26-/m1/s1. The number of esters is 1. The molecule has 2 aliphatic rings. The molecule has 0 spiro atoms. The summed E-state index contributed by atoms with van der Waals surface area (Å²) in [7, 11) is 3.00. The minimum absolute atomic E-state index is 0.0113. The maximum Gasteiger partial charge on any atom is 0.308 e. The highest BCUT2D eigenvalue weighted by Gasteiger charge is 2.56. The van der Waals surface area contributed by atoms with Gasteiger partial charge in [-0.2, -0.15) is 0 Å². The maximum absolute atomic E-state index is 11.7. The van der Waals surface area contributed by atoms with Gasteiger partial charge in [-0.25, -0.2) is 0 Å². The molecule has 2 fully saturated rings.